The third-order valence-electron chi connectivity index (χ3n) is 4.13. The largest absolute Gasteiger partial charge is 0.309 e. The van der Waals surface area contributed by atoms with Gasteiger partial charge in [-0.25, -0.2) is 0 Å². The highest BCUT2D eigenvalue weighted by Crippen LogP contribution is 2.39. The second kappa shape index (κ2) is 5.16. The van der Waals surface area contributed by atoms with Gasteiger partial charge in [0.15, 0.2) is 0 Å². The third kappa shape index (κ3) is 3.07. The zero-order valence-electron chi connectivity index (χ0n) is 10.3. The lowest BCUT2D eigenvalue weighted by molar-refractivity contribution is 0.252. The highest BCUT2D eigenvalue weighted by atomic mass is 15.0. The second-order valence-corrected chi connectivity index (χ2v) is 5.63. The average Bonchev–Trinajstić information content (AvgIpc) is 2.26. The zero-order chi connectivity index (χ0) is 10.7. The first kappa shape index (κ1) is 11.2. The van der Waals surface area contributed by atoms with Crippen LogP contribution >= 0.6 is 0 Å². The Bertz CT molecular complexity index is 229. The van der Waals surface area contributed by atoms with Crippen molar-refractivity contribution in [2.24, 2.45) is 11.8 Å². The first-order valence-corrected chi connectivity index (χ1v) is 6.60. The molecule has 0 radical (unpaired) electrons. The summed E-state index contributed by atoms with van der Waals surface area (Å²) in [6.07, 6.45) is 12.7. The fraction of sp³-hybridized carbons (Fsp3) is 0.857. The van der Waals surface area contributed by atoms with E-state index in [1.165, 1.54) is 51.5 Å². The summed E-state index contributed by atoms with van der Waals surface area (Å²) >= 11 is 0. The van der Waals surface area contributed by atoms with Crippen LogP contribution in [0.4, 0.5) is 0 Å². The van der Waals surface area contributed by atoms with Gasteiger partial charge in [-0.3, -0.25) is 0 Å². The quantitative estimate of drug-likeness (QED) is 0.641. The summed E-state index contributed by atoms with van der Waals surface area (Å²) in [7, 11) is 4.35. The first-order chi connectivity index (χ1) is 7.25. The molecule has 86 valence electrons. The summed E-state index contributed by atoms with van der Waals surface area (Å²) in [5, 5.41) is 0. The summed E-state index contributed by atoms with van der Waals surface area (Å²) in [6, 6.07) is 0. The highest BCUT2D eigenvalue weighted by Gasteiger charge is 2.26. The molecule has 15 heavy (non-hydrogen) atoms. The number of allylic oxidation sites excluding steroid dienone is 1. The molecule has 2 aliphatic rings. The maximum Gasteiger partial charge on any atom is 0.00125 e. The van der Waals surface area contributed by atoms with Crippen LogP contribution < -0.4 is 0 Å². The Labute approximate surface area is 94.5 Å². The van der Waals surface area contributed by atoms with E-state index in [1.54, 1.807) is 5.57 Å². The molecule has 0 saturated heterocycles. The van der Waals surface area contributed by atoms with Crippen LogP contribution in [0, 0.1) is 11.8 Å². The van der Waals surface area contributed by atoms with Gasteiger partial charge in [0.2, 0.25) is 0 Å². The summed E-state index contributed by atoms with van der Waals surface area (Å²) in [6.45, 7) is 1.23. The molecular weight excluding hydrogens is 182 g/mol. The van der Waals surface area contributed by atoms with E-state index in [1.807, 2.05) is 0 Å². The van der Waals surface area contributed by atoms with E-state index in [9.17, 15) is 0 Å². The molecule has 0 heterocycles. The predicted octanol–water partition coefficient (Wildman–Crippen LogP) is 3.46. The van der Waals surface area contributed by atoms with Gasteiger partial charge in [-0.2, -0.15) is 0 Å². The molecule has 0 bridgehead atoms. The van der Waals surface area contributed by atoms with Crippen LogP contribution in [0.15, 0.2) is 11.6 Å². The minimum Gasteiger partial charge on any atom is -0.309 e. The summed E-state index contributed by atoms with van der Waals surface area (Å²) < 4.78 is 0. The Morgan fingerprint density at radius 2 is 2.00 bits per heavy atom. The Morgan fingerprint density at radius 1 is 1.20 bits per heavy atom. The second-order valence-electron chi connectivity index (χ2n) is 5.63. The monoisotopic (exact) mass is 207 g/mol. The van der Waals surface area contributed by atoms with Crippen molar-refractivity contribution < 1.29 is 0 Å². The maximum absolute atomic E-state index is 2.64. The van der Waals surface area contributed by atoms with Gasteiger partial charge in [-0.05, 0) is 58.0 Å². The summed E-state index contributed by atoms with van der Waals surface area (Å²) in [5.74, 6) is 1.99. The molecule has 2 unspecified atom stereocenters. The van der Waals surface area contributed by atoms with Crippen molar-refractivity contribution in [1.29, 1.82) is 0 Å². The number of nitrogens with zero attached hydrogens (tertiary/aromatic N) is 1. The van der Waals surface area contributed by atoms with Gasteiger partial charge in [-0.15, -0.1) is 0 Å². The molecule has 0 aliphatic heterocycles. The van der Waals surface area contributed by atoms with E-state index in [0.717, 1.165) is 11.8 Å². The number of fused-ring (bicyclic) bond motifs is 1. The minimum atomic E-state index is 0.949. The molecule has 1 fully saturated rings. The van der Waals surface area contributed by atoms with Crippen molar-refractivity contribution in [2.45, 2.75) is 44.9 Å². The van der Waals surface area contributed by atoms with Crippen LogP contribution in [0.5, 0.6) is 0 Å². The molecule has 0 aromatic heterocycles. The van der Waals surface area contributed by atoms with E-state index in [4.69, 9.17) is 0 Å². The van der Waals surface area contributed by atoms with Crippen LogP contribution in [-0.2, 0) is 0 Å². The third-order valence-corrected chi connectivity index (χ3v) is 4.13. The molecule has 0 spiro atoms. The van der Waals surface area contributed by atoms with Crippen LogP contribution in [0.2, 0.25) is 0 Å². The van der Waals surface area contributed by atoms with Crippen LogP contribution in [0.1, 0.15) is 44.9 Å². The van der Waals surface area contributed by atoms with Gasteiger partial charge < -0.3 is 4.90 Å². The Balaban J connectivity index is 1.88. The molecule has 2 rings (SSSR count). The number of hydrogen-bond acceptors (Lipinski definition) is 1. The van der Waals surface area contributed by atoms with Crippen molar-refractivity contribution in [3.63, 3.8) is 0 Å². The molecule has 2 aliphatic carbocycles. The molecule has 0 aromatic carbocycles. The lowest BCUT2D eigenvalue weighted by Crippen LogP contribution is -2.22. The van der Waals surface area contributed by atoms with Crippen LogP contribution in [-0.4, -0.2) is 25.5 Å². The normalized spacial score (nSPS) is 31.3. The first-order valence-electron chi connectivity index (χ1n) is 6.60. The van der Waals surface area contributed by atoms with E-state index < -0.39 is 0 Å². The topological polar surface area (TPSA) is 3.24 Å². The fourth-order valence-corrected chi connectivity index (χ4v) is 3.15. The SMILES string of the molecule is CN(C)CCC1=CC2CCCCC2CC1. The van der Waals surface area contributed by atoms with Crippen molar-refractivity contribution in [3.8, 4) is 0 Å². The van der Waals surface area contributed by atoms with Crippen molar-refractivity contribution in [2.75, 3.05) is 20.6 Å². The smallest absolute Gasteiger partial charge is 0.00125 e. The lowest BCUT2D eigenvalue weighted by Gasteiger charge is -2.34. The maximum atomic E-state index is 2.64. The Hall–Kier alpha value is -0.300. The predicted molar refractivity (Wildman–Crippen MR) is 65.9 cm³/mol. The van der Waals surface area contributed by atoms with Gasteiger partial charge in [0, 0.05) is 6.54 Å². The average molecular weight is 207 g/mol. The van der Waals surface area contributed by atoms with E-state index >= 15 is 0 Å². The molecular formula is C14H25N. The van der Waals surface area contributed by atoms with Crippen molar-refractivity contribution in [3.05, 3.63) is 11.6 Å². The highest BCUT2D eigenvalue weighted by molar-refractivity contribution is 5.11. The number of rotatable bonds is 3. The van der Waals surface area contributed by atoms with Crippen molar-refractivity contribution in [1.82, 2.24) is 4.90 Å². The molecule has 2 atom stereocenters. The minimum absolute atomic E-state index is 0.949. The summed E-state index contributed by atoms with van der Waals surface area (Å²) in [4.78, 5) is 2.30. The van der Waals surface area contributed by atoms with Gasteiger partial charge in [-0.1, -0.05) is 24.5 Å². The van der Waals surface area contributed by atoms with E-state index in [2.05, 4.69) is 25.1 Å². The number of hydrogen-bond donors (Lipinski definition) is 0. The Morgan fingerprint density at radius 3 is 2.80 bits per heavy atom. The fourth-order valence-electron chi connectivity index (χ4n) is 3.15. The molecule has 0 N–H and O–H groups in total. The molecule has 1 heteroatoms. The Kier molecular flexibility index (Phi) is 3.85. The zero-order valence-corrected chi connectivity index (χ0v) is 10.3. The van der Waals surface area contributed by atoms with Gasteiger partial charge in [0.05, 0.1) is 0 Å². The molecule has 0 amide bonds. The molecule has 0 aromatic rings. The van der Waals surface area contributed by atoms with E-state index in [0.29, 0.717) is 0 Å². The van der Waals surface area contributed by atoms with Gasteiger partial charge >= 0.3 is 0 Å². The van der Waals surface area contributed by atoms with Gasteiger partial charge in [0.1, 0.15) is 0 Å². The standard InChI is InChI=1S/C14H25N/c1-15(2)10-9-12-7-8-13-5-3-4-6-14(13)11-12/h11,13-14H,3-10H2,1-2H3. The molecule has 1 saturated carbocycles. The molecule has 1 nitrogen and oxygen atoms in total. The summed E-state index contributed by atoms with van der Waals surface area (Å²) in [5.41, 5.74) is 1.74. The van der Waals surface area contributed by atoms with Crippen molar-refractivity contribution >= 4 is 0 Å². The van der Waals surface area contributed by atoms with Crippen LogP contribution in [0.3, 0.4) is 0 Å². The van der Waals surface area contributed by atoms with E-state index in [-0.39, 0.29) is 0 Å². The van der Waals surface area contributed by atoms with Crippen LogP contribution in [0.25, 0.3) is 0 Å². The lowest BCUT2D eigenvalue weighted by atomic mass is 9.72. The van der Waals surface area contributed by atoms with Gasteiger partial charge in [0.25, 0.3) is 0 Å².